The Balaban J connectivity index is 2.41. The Labute approximate surface area is 113 Å². The van der Waals surface area contributed by atoms with E-state index in [1.165, 1.54) is 11.3 Å². The van der Waals surface area contributed by atoms with Gasteiger partial charge in [-0.2, -0.15) is 0 Å². The molecule has 2 N–H and O–H groups in total. The third-order valence-electron chi connectivity index (χ3n) is 2.50. The highest BCUT2D eigenvalue weighted by molar-refractivity contribution is 7.16. The highest BCUT2D eigenvalue weighted by Gasteiger charge is 2.22. The van der Waals surface area contributed by atoms with Gasteiger partial charge in [0.15, 0.2) is 0 Å². The van der Waals surface area contributed by atoms with E-state index in [9.17, 15) is 5.11 Å². The summed E-state index contributed by atoms with van der Waals surface area (Å²) in [5.74, 6) is 0. The minimum atomic E-state index is -0.674. The van der Waals surface area contributed by atoms with Gasteiger partial charge in [0.05, 0.1) is 9.94 Å². The first-order valence-electron chi connectivity index (χ1n) is 5.90. The predicted octanol–water partition coefficient (Wildman–Crippen LogP) is 3.47. The van der Waals surface area contributed by atoms with Crippen molar-refractivity contribution in [2.75, 3.05) is 6.54 Å². The summed E-state index contributed by atoms with van der Waals surface area (Å²) in [6.45, 7) is 9.07. The maximum atomic E-state index is 10.3. The lowest BCUT2D eigenvalue weighted by Crippen LogP contribution is -2.40. The fraction of sp³-hybridized carbons (Fsp3) is 0.692. The van der Waals surface area contributed by atoms with E-state index in [0.717, 1.165) is 22.2 Å². The van der Waals surface area contributed by atoms with Crippen molar-refractivity contribution in [3.63, 3.8) is 0 Å². The Kier molecular flexibility index (Phi) is 5.02. The van der Waals surface area contributed by atoms with Gasteiger partial charge in [-0.05, 0) is 52.8 Å². The quantitative estimate of drug-likeness (QED) is 0.862. The van der Waals surface area contributed by atoms with E-state index >= 15 is 0 Å². The monoisotopic (exact) mass is 275 g/mol. The molecular formula is C13H22ClNOS. The maximum Gasteiger partial charge on any atom is 0.0931 e. The van der Waals surface area contributed by atoms with Gasteiger partial charge in [-0.15, -0.1) is 11.3 Å². The molecule has 0 bridgehead atoms. The molecule has 0 aromatic carbocycles. The van der Waals surface area contributed by atoms with Crippen LogP contribution in [0.3, 0.4) is 0 Å². The summed E-state index contributed by atoms with van der Waals surface area (Å²) in [7, 11) is 0. The highest BCUT2D eigenvalue weighted by Crippen LogP contribution is 2.26. The minimum absolute atomic E-state index is 0.0995. The van der Waals surface area contributed by atoms with Crippen LogP contribution in [-0.4, -0.2) is 22.8 Å². The SMILES string of the molecule is CC(O)(CCNC(C)(C)C)Cc1ccc(Cl)s1. The Bertz CT molecular complexity index is 355. The first-order chi connectivity index (χ1) is 7.68. The third kappa shape index (κ3) is 6.41. The van der Waals surface area contributed by atoms with Crippen LogP contribution in [0.5, 0.6) is 0 Å². The van der Waals surface area contributed by atoms with Crippen molar-refractivity contribution < 1.29 is 5.11 Å². The van der Waals surface area contributed by atoms with Gasteiger partial charge >= 0.3 is 0 Å². The molecule has 1 rings (SSSR count). The molecule has 98 valence electrons. The fourth-order valence-corrected chi connectivity index (χ4v) is 2.88. The van der Waals surface area contributed by atoms with Gasteiger partial charge in [-0.1, -0.05) is 11.6 Å². The number of halogens is 1. The van der Waals surface area contributed by atoms with Crippen molar-refractivity contribution in [3.05, 3.63) is 21.3 Å². The molecule has 0 spiro atoms. The minimum Gasteiger partial charge on any atom is -0.390 e. The second-order valence-electron chi connectivity index (χ2n) is 5.81. The normalized spacial score (nSPS) is 15.9. The van der Waals surface area contributed by atoms with Crippen LogP contribution >= 0.6 is 22.9 Å². The van der Waals surface area contributed by atoms with Crippen molar-refractivity contribution in [2.45, 2.75) is 51.7 Å². The van der Waals surface area contributed by atoms with Crippen LogP contribution in [0.25, 0.3) is 0 Å². The molecule has 1 aromatic heterocycles. The van der Waals surface area contributed by atoms with Crippen LogP contribution in [0.1, 0.15) is 39.0 Å². The van der Waals surface area contributed by atoms with Crippen molar-refractivity contribution in [2.24, 2.45) is 0 Å². The summed E-state index contributed by atoms with van der Waals surface area (Å²) in [5, 5.41) is 13.7. The lowest BCUT2D eigenvalue weighted by molar-refractivity contribution is 0.0507. The lowest BCUT2D eigenvalue weighted by Gasteiger charge is -2.26. The van der Waals surface area contributed by atoms with Gasteiger partial charge in [0.25, 0.3) is 0 Å². The molecule has 17 heavy (non-hydrogen) atoms. The van der Waals surface area contributed by atoms with Crippen LogP contribution in [0.4, 0.5) is 0 Å². The molecular weight excluding hydrogens is 254 g/mol. The number of nitrogens with one attached hydrogen (secondary N) is 1. The van der Waals surface area contributed by atoms with Crippen molar-refractivity contribution in [3.8, 4) is 0 Å². The molecule has 0 amide bonds. The average Bonchev–Trinajstić information content (AvgIpc) is 2.47. The van der Waals surface area contributed by atoms with Crippen molar-refractivity contribution in [1.82, 2.24) is 5.32 Å². The average molecular weight is 276 g/mol. The van der Waals surface area contributed by atoms with Crippen molar-refractivity contribution >= 4 is 22.9 Å². The first kappa shape index (κ1) is 15.0. The Morgan fingerprint density at radius 3 is 2.41 bits per heavy atom. The van der Waals surface area contributed by atoms with E-state index < -0.39 is 5.60 Å². The van der Waals surface area contributed by atoms with Crippen LogP contribution in [-0.2, 0) is 6.42 Å². The predicted molar refractivity (Wildman–Crippen MR) is 76.0 cm³/mol. The smallest absolute Gasteiger partial charge is 0.0931 e. The van der Waals surface area contributed by atoms with Crippen LogP contribution < -0.4 is 5.32 Å². The maximum absolute atomic E-state index is 10.3. The van der Waals surface area contributed by atoms with Crippen molar-refractivity contribution in [1.29, 1.82) is 0 Å². The Morgan fingerprint density at radius 2 is 1.94 bits per heavy atom. The van der Waals surface area contributed by atoms with E-state index in [2.05, 4.69) is 26.1 Å². The largest absolute Gasteiger partial charge is 0.390 e. The number of aliphatic hydroxyl groups is 1. The number of rotatable bonds is 5. The second-order valence-corrected chi connectivity index (χ2v) is 7.61. The molecule has 0 aliphatic carbocycles. The summed E-state index contributed by atoms with van der Waals surface area (Å²) in [5.41, 5.74) is -0.575. The van der Waals surface area contributed by atoms with E-state index in [0.29, 0.717) is 6.42 Å². The molecule has 0 fully saturated rings. The summed E-state index contributed by atoms with van der Waals surface area (Å²) in [6, 6.07) is 3.86. The molecule has 0 aliphatic rings. The molecule has 0 radical (unpaired) electrons. The zero-order valence-corrected chi connectivity index (χ0v) is 12.6. The van der Waals surface area contributed by atoms with Gasteiger partial charge in [0, 0.05) is 16.8 Å². The van der Waals surface area contributed by atoms with Gasteiger partial charge in [-0.25, -0.2) is 0 Å². The van der Waals surface area contributed by atoms with Gasteiger partial charge in [0.2, 0.25) is 0 Å². The summed E-state index contributed by atoms with van der Waals surface area (Å²) in [6.07, 6.45) is 1.40. The van der Waals surface area contributed by atoms with Crippen LogP contribution in [0, 0.1) is 0 Å². The van der Waals surface area contributed by atoms with Gasteiger partial charge < -0.3 is 10.4 Å². The lowest BCUT2D eigenvalue weighted by atomic mass is 9.96. The summed E-state index contributed by atoms with van der Waals surface area (Å²) in [4.78, 5) is 1.13. The highest BCUT2D eigenvalue weighted by atomic mass is 35.5. The van der Waals surface area contributed by atoms with Gasteiger partial charge in [-0.3, -0.25) is 0 Å². The Morgan fingerprint density at radius 1 is 1.29 bits per heavy atom. The van der Waals surface area contributed by atoms with Gasteiger partial charge in [0.1, 0.15) is 0 Å². The molecule has 1 unspecified atom stereocenters. The molecule has 1 atom stereocenters. The number of thiophene rings is 1. The summed E-state index contributed by atoms with van der Waals surface area (Å²) < 4.78 is 0.781. The molecule has 4 heteroatoms. The number of hydrogen-bond acceptors (Lipinski definition) is 3. The van der Waals surface area contributed by atoms with E-state index in [1.807, 2.05) is 19.1 Å². The van der Waals surface area contributed by atoms with E-state index in [4.69, 9.17) is 11.6 Å². The van der Waals surface area contributed by atoms with E-state index in [-0.39, 0.29) is 5.54 Å². The van der Waals surface area contributed by atoms with Crippen LogP contribution in [0.2, 0.25) is 4.34 Å². The first-order valence-corrected chi connectivity index (χ1v) is 7.09. The third-order valence-corrected chi connectivity index (χ3v) is 3.73. The molecule has 1 heterocycles. The zero-order valence-electron chi connectivity index (χ0n) is 11.0. The molecule has 0 saturated carbocycles. The molecule has 0 aliphatic heterocycles. The van der Waals surface area contributed by atoms with Crippen LogP contribution in [0.15, 0.2) is 12.1 Å². The van der Waals surface area contributed by atoms with E-state index in [1.54, 1.807) is 0 Å². The second kappa shape index (κ2) is 5.70. The standard InChI is InChI=1S/C13H22ClNOS/c1-12(2,3)15-8-7-13(4,16)9-10-5-6-11(14)17-10/h5-6,15-16H,7-9H2,1-4H3. The molecule has 0 saturated heterocycles. The molecule has 1 aromatic rings. The summed E-state index contributed by atoms with van der Waals surface area (Å²) >= 11 is 7.42. The zero-order chi connectivity index (χ0) is 13.1. The molecule has 2 nitrogen and oxygen atoms in total. The fourth-order valence-electron chi connectivity index (χ4n) is 1.62. The number of hydrogen-bond donors (Lipinski definition) is 2. The Hall–Kier alpha value is -0.0900. The topological polar surface area (TPSA) is 32.3 Å².